The van der Waals surface area contributed by atoms with Crippen molar-refractivity contribution in [1.29, 1.82) is 0 Å². The number of ether oxygens (including phenoxy) is 1. The number of nitrogen functional groups attached to an aromatic ring is 1. The van der Waals surface area contributed by atoms with Crippen molar-refractivity contribution >= 4 is 5.82 Å². The van der Waals surface area contributed by atoms with Crippen LogP contribution >= 0.6 is 0 Å². The van der Waals surface area contributed by atoms with Crippen molar-refractivity contribution in [3.05, 3.63) is 5.69 Å². The largest absolute Gasteiger partial charge is 0.381 e. The lowest BCUT2D eigenvalue weighted by Gasteiger charge is -2.23. The molecule has 0 bridgehead atoms. The van der Waals surface area contributed by atoms with Crippen molar-refractivity contribution in [3.63, 3.8) is 0 Å². The second-order valence-electron chi connectivity index (χ2n) is 6.48. The fourth-order valence-electron chi connectivity index (χ4n) is 3.85. The molecule has 2 heterocycles. The lowest BCUT2D eigenvalue weighted by Crippen LogP contribution is -2.27. The highest BCUT2D eigenvalue weighted by Gasteiger charge is 2.42. The van der Waals surface area contributed by atoms with Gasteiger partial charge in [0.1, 0.15) is 0 Å². The van der Waals surface area contributed by atoms with E-state index < -0.39 is 0 Å². The monoisotopic (exact) mass is 262 g/mol. The van der Waals surface area contributed by atoms with Gasteiger partial charge in [-0.05, 0) is 38.5 Å². The molecule has 1 unspecified atom stereocenters. The van der Waals surface area contributed by atoms with Crippen LogP contribution in [0.3, 0.4) is 0 Å². The third-order valence-corrected chi connectivity index (χ3v) is 4.99. The van der Waals surface area contributed by atoms with Gasteiger partial charge in [-0.2, -0.15) is 0 Å². The summed E-state index contributed by atoms with van der Waals surface area (Å²) in [5.41, 5.74) is 7.29. The summed E-state index contributed by atoms with van der Waals surface area (Å²) in [6.45, 7) is 0.831. The highest BCUT2D eigenvalue weighted by molar-refractivity contribution is 5.38. The summed E-state index contributed by atoms with van der Waals surface area (Å²) in [6, 6.07) is 0. The van der Waals surface area contributed by atoms with Gasteiger partial charge in [-0.15, -0.1) is 5.10 Å². The molecule has 2 saturated carbocycles. The van der Waals surface area contributed by atoms with E-state index in [1.807, 2.05) is 4.68 Å². The normalized spacial score (nSPS) is 29.4. The van der Waals surface area contributed by atoms with Crippen molar-refractivity contribution in [1.82, 2.24) is 15.0 Å². The van der Waals surface area contributed by atoms with E-state index in [4.69, 9.17) is 10.5 Å². The number of aromatic nitrogens is 3. The van der Waals surface area contributed by atoms with E-state index in [2.05, 4.69) is 10.3 Å². The molecular formula is C14H22N4O. The molecule has 1 atom stereocenters. The van der Waals surface area contributed by atoms with Gasteiger partial charge in [0.2, 0.25) is 0 Å². The van der Waals surface area contributed by atoms with E-state index in [0.717, 1.165) is 18.7 Å². The highest BCUT2D eigenvalue weighted by atomic mass is 16.5. The lowest BCUT2D eigenvalue weighted by molar-refractivity contribution is -0.0433. The molecule has 104 valence electrons. The summed E-state index contributed by atoms with van der Waals surface area (Å²) in [7, 11) is 0. The first-order chi connectivity index (χ1) is 9.26. The van der Waals surface area contributed by atoms with Crippen LogP contribution in [0.5, 0.6) is 0 Å². The molecule has 4 rings (SSSR count). The molecule has 3 aliphatic rings. The lowest BCUT2D eigenvalue weighted by atomic mass is 9.98. The smallest absolute Gasteiger partial charge is 0.169 e. The molecule has 1 aliphatic heterocycles. The first-order valence-corrected chi connectivity index (χ1v) is 7.62. The first kappa shape index (κ1) is 11.7. The van der Waals surface area contributed by atoms with Gasteiger partial charge in [-0.1, -0.05) is 18.1 Å². The van der Waals surface area contributed by atoms with Crippen LogP contribution in [0.25, 0.3) is 0 Å². The molecule has 19 heavy (non-hydrogen) atoms. The van der Waals surface area contributed by atoms with Gasteiger partial charge in [0.05, 0.1) is 23.9 Å². The van der Waals surface area contributed by atoms with Crippen LogP contribution in [0.15, 0.2) is 0 Å². The fourth-order valence-corrected chi connectivity index (χ4v) is 3.85. The first-order valence-electron chi connectivity index (χ1n) is 7.62. The molecule has 1 saturated heterocycles. The molecule has 0 radical (unpaired) electrons. The molecule has 1 aromatic rings. The fraction of sp³-hybridized carbons (Fsp3) is 0.857. The molecule has 3 fully saturated rings. The predicted octanol–water partition coefficient (Wildman–Crippen LogP) is 2.23. The van der Waals surface area contributed by atoms with Crippen molar-refractivity contribution in [3.8, 4) is 0 Å². The Morgan fingerprint density at radius 2 is 2.00 bits per heavy atom. The minimum atomic E-state index is 0.205. The van der Waals surface area contributed by atoms with E-state index in [9.17, 15) is 0 Å². The Morgan fingerprint density at radius 1 is 1.21 bits per heavy atom. The highest BCUT2D eigenvalue weighted by Crippen LogP contribution is 2.45. The zero-order chi connectivity index (χ0) is 12.9. The molecule has 0 aromatic carbocycles. The predicted molar refractivity (Wildman–Crippen MR) is 71.7 cm³/mol. The van der Waals surface area contributed by atoms with Crippen LogP contribution < -0.4 is 5.73 Å². The Morgan fingerprint density at radius 3 is 2.74 bits per heavy atom. The second kappa shape index (κ2) is 4.20. The third-order valence-electron chi connectivity index (χ3n) is 4.99. The summed E-state index contributed by atoms with van der Waals surface area (Å²) >= 11 is 0. The summed E-state index contributed by atoms with van der Waals surface area (Å²) in [4.78, 5) is 0. The van der Waals surface area contributed by atoms with Crippen molar-refractivity contribution in [2.45, 2.75) is 75.5 Å². The zero-order valence-corrected chi connectivity index (χ0v) is 11.3. The van der Waals surface area contributed by atoms with E-state index in [0.29, 0.717) is 17.8 Å². The molecular weight excluding hydrogens is 240 g/mol. The molecule has 5 heteroatoms. The number of hydrogen-bond donors (Lipinski definition) is 1. The maximum Gasteiger partial charge on any atom is 0.169 e. The average molecular weight is 262 g/mol. The topological polar surface area (TPSA) is 66.0 Å². The van der Waals surface area contributed by atoms with Crippen LogP contribution in [0.2, 0.25) is 0 Å². The summed E-state index contributed by atoms with van der Waals surface area (Å²) in [5, 5.41) is 8.26. The van der Waals surface area contributed by atoms with Gasteiger partial charge < -0.3 is 10.5 Å². The number of rotatable bonds is 3. The Balaban J connectivity index is 1.47. The van der Waals surface area contributed by atoms with Gasteiger partial charge in [-0.3, -0.25) is 0 Å². The molecule has 5 nitrogen and oxygen atoms in total. The van der Waals surface area contributed by atoms with E-state index >= 15 is 0 Å². The zero-order valence-electron chi connectivity index (χ0n) is 11.3. The number of hydrogen-bond acceptors (Lipinski definition) is 4. The van der Waals surface area contributed by atoms with Crippen LogP contribution in [-0.4, -0.2) is 26.7 Å². The Kier molecular flexibility index (Phi) is 2.59. The second-order valence-corrected chi connectivity index (χ2v) is 6.48. The maximum absolute atomic E-state index is 6.35. The van der Waals surface area contributed by atoms with E-state index in [-0.39, 0.29) is 5.60 Å². The molecule has 1 aromatic heterocycles. The minimum Gasteiger partial charge on any atom is -0.381 e. The molecule has 1 spiro atoms. The van der Waals surface area contributed by atoms with Gasteiger partial charge in [0, 0.05) is 5.92 Å². The van der Waals surface area contributed by atoms with E-state index in [1.54, 1.807) is 0 Å². The standard InChI is InChI=1S/C14H22N4O/c15-13-12(10-3-4-10)18(17-16-13)9-11-5-8-14(19-11)6-1-2-7-14/h10-11H,1-9,15H2. The Hall–Kier alpha value is -1.10. The van der Waals surface area contributed by atoms with Gasteiger partial charge >= 0.3 is 0 Å². The van der Waals surface area contributed by atoms with Crippen LogP contribution in [0, 0.1) is 0 Å². The van der Waals surface area contributed by atoms with Gasteiger partial charge in [0.25, 0.3) is 0 Å². The number of anilines is 1. The summed E-state index contributed by atoms with van der Waals surface area (Å²) in [5.74, 6) is 1.22. The maximum atomic E-state index is 6.35. The molecule has 2 aliphatic carbocycles. The van der Waals surface area contributed by atoms with Crippen LogP contribution in [-0.2, 0) is 11.3 Å². The van der Waals surface area contributed by atoms with Gasteiger partial charge in [-0.25, -0.2) is 4.68 Å². The number of nitrogens with two attached hydrogens (primary N) is 1. The van der Waals surface area contributed by atoms with Crippen LogP contribution in [0.1, 0.15) is 63.0 Å². The van der Waals surface area contributed by atoms with E-state index in [1.165, 1.54) is 44.9 Å². The average Bonchev–Trinajstić information content (AvgIpc) is 2.85. The van der Waals surface area contributed by atoms with Crippen molar-refractivity contribution in [2.24, 2.45) is 0 Å². The minimum absolute atomic E-state index is 0.205. The summed E-state index contributed by atoms with van der Waals surface area (Å²) in [6.07, 6.45) is 10.3. The molecule has 0 amide bonds. The Labute approximate surface area is 113 Å². The Bertz CT molecular complexity index is 474. The number of nitrogens with zero attached hydrogens (tertiary/aromatic N) is 3. The quantitative estimate of drug-likeness (QED) is 0.907. The van der Waals surface area contributed by atoms with Gasteiger partial charge in [0.15, 0.2) is 5.82 Å². The third kappa shape index (κ3) is 2.04. The van der Waals surface area contributed by atoms with Crippen molar-refractivity contribution < 1.29 is 4.74 Å². The van der Waals surface area contributed by atoms with Crippen LogP contribution in [0.4, 0.5) is 5.82 Å². The molecule has 2 N–H and O–H groups in total. The SMILES string of the molecule is Nc1nnn(CC2CCC3(CCCC3)O2)c1C1CC1. The summed E-state index contributed by atoms with van der Waals surface area (Å²) < 4.78 is 8.35. The van der Waals surface area contributed by atoms with Crippen molar-refractivity contribution in [2.75, 3.05) is 5.73 Å².